The first-order valence-electron chi connectivity index (χ1n) is 12.3. The van der Waals surface area contributed by atoms with E-state index in [-0.39, 0.29) is 25.0 Å². The normalized spacial score (nSPS) is 15.0. The number of sulfonamides is 1. The summed E-state index contributed by atoms with van der Waals surface area (Å²) >= 11 is 0. The first kappa shape index (κ1) is 26.7. The number of rotatable bonds is 10. The van der Waals surface area contributed by atoms with Gasteiger partial charge >= 0.3 is 0 Å². The van der Waals surface area contributed by atoms with Crippen molar-refractivity contribution in [1.29, 1.82) is 0 Å². The Hall–Kier alpha value is -2.87. The molecule has 3 rings (SSSR count). The molecular formula is C27H37N3O4S. The standard InChI is InChI=1S/C27H37N3O4S/c1-5-22-14-16-25(17-15-22)30(35(4,33)34)19-26(31)29(18-23-11-7-6-10-20(23)2)21(3)27(32)28-24-12-8-9-13-24/h6-7,10-11,14-17,21,24H,5,8-9,12-13,18-19H2,1-4H3,(H,28,32)/t21-/m0/s1. The van der Waals surface area contributed by atoms with E-state index in [9.17, 15) is 18.0 Å². The number of carbonyl (C=O) groups is 2. The molecule has 2 aromatic carbocycles. The van der Waals surface area contributed by atoms with Crippen molar-refractivity contribution in [1.82, 2.24) is 10.2 Å². The molecule has 1 aliphatic rings. The largest absolute Gasteiger partial charge is 0.352 e. The molecule has 1 N–H and O–H groups in total. The van der Waals surface area contributed by atoms with Gasteiger partial charge in [0.1, 0.15) is 12.6 Å². The summed E-state index contributed by atoms with van der Waals surface area (Å²) in [6.07, 6.45) is 5.99. The molecule has 0 heterocycles. The van der Waals surface area contributed by atoms with E-state index in [2.05, 4.69) is 5.32 Å². The molecule has 190 valence electrons. The van der Waals surface area contributed by atoms with Crippen LogP contribution < -0.4 is 9.62 Å². The number of benzene rings is 2. The average Bonchev–Trinajstić information content (AvgIpc) is 3.34. The minimum atomic E-state index is -3.73. The van der Waals surface area contributed by atoms with Crippen molar-refractivity contribution >= 4 is 27.5 Å². The maximum atomic E-state index is 13.6. The predicted molar refractivity (Wildman–Crippen MR) is 140 cm³/mol. The summed E-state index contributed by atoms with van der Waals surface area (Å²) in [4.78, 5) is 28.2. The molecule has 2 aromatic rings. The van der Waals surface area contributed by atoms with Gasteiger partial charge < -0.3 is 10.2 Å². The quantitative estimate of drug-likeness (QED) is 0.539. The van der Waals surface area contributed by atoms with Crippen molar-refractivity contribution in [3.63, 3.8) is 0 Å². The number of aryl methyl sites for hydroxylation is 2. The zero-order chi connectivity index (χ0) is 25.6. The molecule has 0 unspecified atom stereocenters. The molecule has 0 spiro atoms. The number of anilines is 1. The van der Waals surface area contributed by atoms with E-state index >= 15 is 0 Å². The van der Waals surface area contributed by atoms with Crippen LogP contribution in [0.4, 0.5) is 5.69 Å². The van der Waals surface area contributed by atoms with Crippen LogP contribution in [0.15, 0.2) is 48.5 Å². The Morgan fingerprint density at radius 3 is 2.26 bits per heavy atom. The number of hydrogen-bond donors (Lipinski definition) is 1. The highest BCUT2D eigenvalue weighted by Gasteiger charge is 2.31. The molecule has 1 fully saturated rings. The minimum absolute atomic E-state index is 0.130. The second-order valence-electron chi connectivity index (χ2n) is 9.40. The Labute approximate surface area is 209 Å². The summed E-state index contributed by atoms with van der Waals surface area (Å²) < 4.78 is 26.4. The lowest BCUT2D eigenvalue weighted by Gasteiger charge is -2.32. The Balaban J connectivity index is 1.88. The van der Waals surface area contributed by atoms with Gasteiger partial charge in [-0.2, -0.15) is 0 Å². The third-order valence-corrected chi connectivity index (χ3v) is 7.92. The summed E-state index contributed by atoms with van der Waals surface area (Å²) in [7, 11) is -3.73. The number of nitrogens with one attached hydrogen (secondary N) is 1. The van der Waals surface area contributed by atoms with Crippen LogP contribution in [0.2, 0.25) is 0 Å². The molecule has 1 aliphatic carbocycles. The summed E-state index contributed by atoms with van der Waals surface area (Å²) in [5, 5.41) is 3.08. The van der Waals surface area contributed by atoms with Crippen LogP contribution in [-0.4, -0.2) is 50.0 Å². The Morgan fingerprint density at radius 2 is 1.69 bits per heavy atom. The molecule has 8 heteroatoms. The van der Waals surface area contributed by atoms with Crippen molar-refractivity contribution in [2.45, 2.75) is 71.5 Å². The highest BCUT2D eigenvalue weighted by atomic mass is 32.2. The first-order chi connectivity index (χ1) is 16.6. The van der Waals surface area contributed by atoms with E-state index in [4.69, 9.17) is 0 Å². The van der Waals surface area contributed by atoms with Gasteiger partial charge in [0.05, 0.1) is 11.9 Å². The second kappa shape index (κ2) is 11.7. The van der Waals surface area contributed by atoms with Crippen LogP contribution >= 0.6 is 0 Å². The van der Waals surface area contributed by atoms with Crippen molar-refractivity contribution in [2.75, 3.05) is 17.1 Å². The molecule has 0 aliphatic heterocycles. The van der Waals surface area contributed by atoms with Gasteiger partial charge in [0.15, 0.2) is 0 Å². The average molecular weight is 500 g/mol. The van der Waals surface area contributed by atoms with Crippen LogP contribution in [-0.2, 0) is 32.6 Å². The third-order valence-electron chi connectivity index (χ3n) is 6.78. The van der Waals surface area contributed by atoms with E-state index in [1.54, 1.807) is 19.1 Å². The Bertz CT molecular complexity index is 1130. The molecule has 0 aromatic heterocycles. The van der Waals surface area contributed by atoms with E-state index in [0.717, 1.165) is 59.4 Å². The third kappa shape index (κ3) is 7.07. The highest BCUT2D eigenvalue weighted by molar-refractivity contribution is 7.92. The summed E-state index contributed by atoms with van der Waals surface area (Å²) in [6.45, 7) is 5.53. The van der Waals surface area contributed by atoms with Gasteiger partial charge in [0.25, 0.3) is 0 Å². The van der Waals surface area contributed by atoms with Crippen LogP contribution in [0.25, 0.3) is 0 Å². The summed E-state index contributed by atoms with van der Waals surface area (Å²) in [5.74, 6) is -0.635. The zero-order valence-corrected chi connectivity index (χ0v) is 22.0. The number of amides is 2. The maximum Gasteiger partial charge on any atom is 0.244 e. The predicted octanol–water partition coefficient (Wildman–Crippen LogP) is 3.80. The highest BCUT2D eigenvalue weighted by Crippen LogP contribution is 2.22. The van der Waals surface area contributed by atoms with Gasteiger partial charge in [0, 0.05) is 12.6 Å². The van der Waals surface area contributed by atoms with E-state index in [1.165, 1.54) is 4.90 Å². The fourth-order valence-corrected chi connectivity index (χ4v) is 5.31. The molecule has 0 bridgehead atoms. The van der Waals surface area contributed by atoms with Crippen molar-refractivity contribution in [3.05, 3.63) is 65.2 Å². The lowest BCUT2D eigenvalue weighted by Crippen LogP contribution is -2.52. The van der Waals surface area contributed by atoms with Gasteiger partial charge in [-0.25, -0.2) is 8.42 Å². The van der Waals surface area contributed by atoms with Gasteiger partial charge in [-0.3, -0.25) is 13.9 Å². The number of nitrogens with zero attached hydrogens (tertiary/aromatic N) is 2. The molecule has 2 amide bonds. The molecule has 1 saturated carbocycles. The smallest absolute Gasteiger partial charge is 0.244 e. The number of carbonyl (C=O) groups excluding carboxylic acids is 2. The fraction of sp³-hybridized carbons (Fsp3) is 0.481. The molecule has 35 heavy (non-hydrogen) atoms. The van der Waals surface area contributed by atoms with Crippen LogP contribution in [0, 0.1) is 6.92 Å². The summed E-state index contributed by atoms with van der Waals surface area (Å²) in [5.41, 5.74) is 3.42. The lowest BCUT2D eigenvalue weighted by atomic mass is 10.1. The monoisotopic (exact) mass is 499 g/mol. The number of hydrogen-bond acceptors (Lipinski definition) is 4. The van der Waals surface area contributed by atoms with E-state index < -0.39 is 22.0 Å². The molecule has 1 atom stereocenters. The molecule has 0 radical (unpaired) electrons. The van der Waals surface area contributed by atoms with Crippen molar-refractivity contribution < 1.29 is 18.0 Å². The summed E-state index contributed by atoms with van der Waals surface area (Å²) in [6, 6.07) is 14.2. The second-order valence-corrected chi connectivity index (χ2v) is 11.3. The SMILES string of the molecule is CCc1ccc(N(CC(=O)N(Cc2ccccc2C)[C@@H](C)C(=O)NC2CCCC2)S(C)(=O)=O)cc1. The lowest BCUT2D eigenvalue weighted by molar-refractivity contribution is -0.139. The van der Waals surface area contributed by atoms with E-state index in [0.29, 0.717) is 5.69 Å². The van der Waals surface area contributed by atoms with Crippen LogP contribution in [0.1, 0.15) is 56.2 Å². The molecular weight excluding hydrogens is 462 g/mol. The molecule has 0 saturated heterocycles. The minimum Gasteiger partial charge on any atom is -0.352 e. The van der Waals surface area contributed by atoms with Gasteiger partial charge in [-0.15, -0.1) is 0 Å². The fourth-order valence-electron chi connectivity index (χ4n) is 4.46. The zero-order valence-electron chi connectivity index (χ0n) is 21.2. The topological polar surface area (TPSA) is 86.8 Å². The van der Waals surface area contributed by atoms with Crippen LogP contribution in [0.5, 0.6) is 0 Å². The van der Waals surface area contributed by atoms with Crippen molar-refractivity contribution in [2.24, 2.45) is 0 Å². The van der Waals surface area contributed by atoms with Gasteiger partial charge in [0.2, 0.25) is 21.8 Å². The Morgan fingerprint density at radius 1 is 1.06 bits per heavy atom. The van der Waals surface area contributed by atoms with Gasteiger partial charge in [-0.05, 0) is 61.9 Å². The van der Waals surface area contributed by atoms with E-state index in [1.807, 2.05) is 50.2 Å². The maximum absolute atomic E-state index is 13.6. The van der Waals surface area contributed by atoms with Crippen molar-refractivity contribution in [3.8, 4) is 0 Å². The van der Waals surface area contributed by atoms with Crippen LogP contribution in [0.3, 0.4) is 0 Å². The first-order valence-corrected chi connectivity index (χ1v) is 14.2. The Kier molecular flexibility index (Phi) is 8.94. The van der Waals surface area contributed by atoms with Gasteiger partial charge in [-0.1, -0.05) is 56.2 Å². The molecule has 7 nitrogen and oxygen atoms in total.